The molecule has 6 heavy (non-hydrogen) atoms. The van der Waals surface area contributed by atoms with Crippen molar-refractivity contribution in [2.24, 2.45) is 0 Å². The van der Waals surface area contributed by atoms with Gasteiger partial charge in [0.1, 0.15) is 5.76 Å². The molecule has 2 nitrogen and oxygen atoms in total. The minimum Gasteiger partial charge on any atom is -0.510 e. The average Bonchev–Trinajstić information content (AvgIpc) is 1.86. The van der Waals surface area contributed by atoms with Gasteiger partial charge in [-0.05, 0) is 11.9 Å². The largest absolute Gasteiger partial charge is 0.510 e. The van der Waals surface area contributed by atoms with Gasteiger partial charge in [0.15, 0.2) is 0 Å². The monoisotopic (exact) mass is 103 g/mol. The summed E-state index contributed by atoms with van der Waals surface area (Å²) in [5, 5.41) is 10.2. The summed E-state index contributed by atoms with van der Waals surface area (Å²) in [4.78, 5) is 0. The van der Waals surface area contributed by atoms with E-state index in [2.05, 4.69) is 4.72 Å². The Morgan fingerprint density at radius 3 is 3.00 bits per heavy atom. The van der Waals surface area contributed by atoms with Crippen molar-refractivity contribution >= 4 is 11.9 Å². The Hall–Kier alpha value is -0.150. The van der Waals surface area contributed by atoms with Crippen LogP contribution in [0.4, 0.5) is 0 Å². The van der Waals surface area contributed by atoms with Crippen LogP contribution in [0.15, 0.2) is 11.2 Å². The van der Waals surface area contributed by atoms with Crippen molar-refractivity contribution in [3.63, 3.8) is 0 Å². The molecule has 0 spiro atoms. The highest BCUT2D eigenvalue weighted by molar-refractivity contribution is 8.00. The maximum absolute atomic E-state index is 8.51. The summed E-state index contributed by atoms with van der Waals surface area (Å²) in [6, 6.07) is 0. The Morgan fingerprint density at radius 2 is 2.83 bits per heavy atom. The third kappa shape index (κ3) is 0.666. The standard InChI is InChI=1S/C3H5NOS/c5-3-1-4-6-2-3/h2,4-5H,1H2. The molecule has 0 aromatic heterocycles. The molecular weight excluding hydrogens is 98.1 g/mol. The molecule has 0 bridgehead atoms. The van der Waals surface area contributed by atoms with E-state index in [0.717, 1.165) is 0 Å². The number of aliphatic hydroxyl groups excluding tert-OH is 1. The van der Waals surface area contributed by atoms with Crippen LogP contribution in [0.3, 0.4) is 0 Å². The van der Waals surface area contributed by atoms with Crippen LogP contribution in [0.1, 0.15) is 0 Å². The molecule has 1 heterocycles. The van der Waals surface area contributed by atoms with Crippen molar-refractivity contribution in [3.05, 3.63) is 11.2 Å². The maximum atomic E-state index is 8.51. The number of hydrogen-bond donors (Lipinski definition) is 2. The fraction of sp³-hybridized carbons (Fsp3) is 0.333. The summed E-state index contributed by atoms with van der Waals surface area (Å²) < 4.78 is 2.85. The molecule has 0 amide bonds. The number of hydrogen-bond acceptors (Lipinski definition) is 3. The van der Waals surface area contributed by atoms with Crippen molar-refractivity contribution < 1.29 is 5.11 Å². The summed E-state index contributed by atoms with van der Waals surface area (Å²) >= 11 is 1.42. The molecule has 0 atom stereocenters. The fourth-order valence-corrected chi connectivity index (χ4v) is 0.801. The van der Waals surface area contributed by atoms with E-state index in [1.54, 1.807) is 5.41 Å². The fourth-order valence-electron chi connectivity index (χ4n) is 0.267. The third-order valence-electron chi connectivity index (χ3n) is 0.532. The Morgan fingerprint density at radius 1 is 2.00 bits per heavy atom. The highest BCUT2D eigenvalue weighted by Crippen LogP contribution is 2.06. The number of nitrogens with one attached hydrogen (secondary N) is 1. The van der Waals surface area contributed by atoms with Gasteiger partial charge in [-0.1, -0.05) is 0 Å². The van der Waals surface area contributed by atoms with E-state index in [1.807, 2.05) is 0 Å². The summed E-state index contributed by atoms with van der Waals surface area (Å²) in [7, 11) is 0. The van der Waals surface area contributed by atoms with Gasteiger partial charge >= 0.3 is 0 Å². The second-order valence-corrected chi connectivity index (χ2v) is 1.81. The Bertz CT molecular complexity index is 80.9. The van der Waals surface area contributed by atoms with E-state index in [0.29, 0.717) is 12.3 Å². The third-order valence-corrected chi connectivity index (χ3v) is 1.23. The smallest absolute Gasteiger partial charge is 0.114 e. The van der Waals surface area contributed by atoms with Gasteiger partial charge in [0.2, 0.25) is 0 Å². The van der Waals surface area contributed by atoms with Crippen LogP contribution < -0.4 is 4.72 Å². The Kier molecular flexibility index (Phi) is 1.03. The molecular formula is C3H5NOS. The van der Waals surface area contributed by atoms with Gasteiger partial charge in [0.25, 0.3) is 0 Å². The van der Waals surface area contributed by atoms with Crippen LogP contribution >= 0.6 is 11.9 Å². The minimum absolute atomic E-state index is 0.431. The van der Waals surface area contributed by atoms with Gasteiger partial charge in [-0.15, -0.1) is 0 Å². The quantitative estimate of drug-likeness (QED) is 0.441. The molecule has 2 N–H and O–H groups in total. The molecule has 0 aliphatic carbocycles. The summed E-state index contributed by atoms with van der Waals surface area (Å²) in [5.74, 6) is 0.431. The summed E-state index contributed by atoms with van der Waals surface area (Å²) in [6.07, 6.45) is 0. The average molecular weight is 103 g/mol. The van der Waals surface area contributed by atoms with Crippen LogP contribution in [0, 0.1) is 0 Å². The Labute approximate surface area is 40.4 Å². The molecule has 34 valence electrons. The van der Waals surface area contributed by atoms with Gasteiger partial charge in [-0.2, -0.15) is 0 Å². The second kappa shape index (κ2) is 1.53. The van der Waals surface area contributed by atoms with Gasteiger partial charge in [0.05, 0.1) is 6.54 Å². The number of aliphatic hydroxyl groups is 1. The first-order valence-electron chi connectivity index (χ1n) is 1.66. The normalized spacial score (nSPS) is 21.0. The molecule has 0 saturated heterocycles. The molecule has 0 unspecified atom stereocenters. The van der Waals surface area contributed by atoms with Crippen LogP contribution in [0.25, 0.3) is 0 Å². The van der Waals surface area contributed by atoms with Gasteiger partial charge < -0.3 is 5.11 Å². The van der Waals surface area contributed by atoms with E-state index in [1.165, 1.54) is 11.9 Å². The first-order valence-corrected chi connectivity index (χ1v) is 2.54. The molecule has 1 aliphatic rings. The minimum atomic E-state index is 0.431. The topological polar surface area (TPSA) is 32.3 Å². The van der Waals surface area contributed by atoms with E-state index in [9.17, 15) is 0 Å². The van der Waals surface area contributed by atoms with Crippen molar-refractivity contribution in [1.29, 1.82) is 0 Å². The van der Waals surface area contributed by atoms with Gasteiger partial charge in [-0.3, -0.25) is 4.72 Å². The molecule has 0 aromatic rings. The lowest BCUT2D eigenvalue weighted by atomic mass is 10.6. The van der Waals surface area contributed by atoms with Crippen LogP contribution in [-0.4, -0.2) is 11.7 Å². The van der Waals surface area contributed by atoms with Crippen LogP contribution in [0.2, 0.25) is 0 Å². The van der Waals surface area contributed by atoms with Gasteiger partial charge in [0, 0.05) is 5.41 Å². The molecule has 0 saturated carbocycles. The molecule has 0 aromatic carbocycles. The first-order chi connectivity index (χ1) is 2.89. The second-order valence-electron chi connectivity index (χ2n) is 1.05. The molecule has 0 fully saturated rings. The van der Waals surface area contributed by atoms with Crippen LogP contribution in [-0.2, 0) is 0 Å². The van der Waals surface area contributed by atoms with Crippen molar-refractivity contribution in [2.45, 2.75) is 0 Å². The lowest BCUT2D eigenvalue weighted by Gasteiger charge is -1.81. The Balaban J connectivity index is 2.45. The predicted molar refractivity (Wildman–Crippen MR) is 26.3 cm³/mol. The lowest BCUT2D eigenvalue weighted by Crippen LogP contribution is -1.98. The zero-order chi connectivity index (χ0) is 4.41. The highest BCUT2D eigenvalue weighted by atomic mass is 32.2. The van der Waals surface area contributed by atoms with E-state index < -0.39 is 0 Å². The molecule has 1 aliphatic heterocycles. The summed E-state index contributed by atoms with van der Waals surface area (Å²) in [5.41, 5.74) is 0. The van der Waals surface area contributed by atoms with Gasteiger partial charge in [-0.25, -0.2) is 0 Å². The SMILES string of the molecule is OC1=CSNC1. The molecule has 1 rings (SSSR count). The van der Waals surface area contributed by atoms with Crippen molar-refractivity contribution in [1.82, 2.24) is 4.72 Å². The van der Waals surface area contributed by atoms with E-state index >= 15 is 0 Å². The predicted octanol–water partition coefficient (Wildman–Crippen LogP) is 0.637. The van der Waals surface area contributed by atoms with Crippen LogP contribution in [0.5, 0.6) is 0 Å². The molecule has 3 heteroatoms. The van der Waals surface area contributed by atoms with Crippen molar-refractivity contribution in [2.75, 3.05) is 6.54 Å². The summed E-state index contributed by atoms with van der Waals surface area (Å²) in [6.45, 7) is 0.616. The van der Waals surface area contributed by atoms with E-state index in [4.69, 9.17) is 5.11 Å². The zero-order valence-electron chi connectivity index (χ0n) is 3.14. The first kappa shape index (κ1) is 4.02. The highest BCUT2D eigenvalue weighted by Gasteiger charge is 1.97. The van der Waals surface area contributed by atoms with Crippen molar-refractivity contribution in [3.8, 4) is 0 Å². The maximum Gasteiger partial charge on any atom is 0.114 e. The number of rotatable bonds is 0. The molecule has 0 radical (unpaired) electrons. The zero-order valence-corrected chi connectivity index (χ0v) is 3.96. The van der Waals surface area contributed by atoms with E-state index in [-0.39, 0.29) is 0 Å². The lowest BCUT2D eigenvalue weighted by molar-refractivity contribution is 0.405.